The van der Waals surface area contributed by atoms with Gasteiger partial charge >= 0.3 is 6.03 Å². The molecular formula is C13H25N3O3. The summed E-state index contributed by atoms with van der Waals surface area (Å²) < 4.78 is 11.0. The topological polar surface area (TPSA) is 76.8 Å². The first-order chi connectivity index (χ1) is 9.25. The molecule has 2 aliphatic rings. The summed E-state index contributed by atoms with van der Waals surface area (Å²) in [5, 5.41) is 2.88. The van der Waals surface area contributed by atoms with Crippen LogP contribution >= 0.6 is 0 Å². The summed E-state index contributed by atoms with van der Waals surface area (Å²) in [6.07, 6.45) is 4.49. The third-order valence-corrected chi connectivity index (χ3v) is 3.75. The molecule has 110 valence electrons. The summed E-state index contributed by atoms with van der Waals surface area (Å²) in [7, 11) is 0. The summed E-state index contributed by atoms with van der Waals surface area (Å²) in [5.41, 5.74) is 5.85. The number of carbonyl (C=O) groups excluding carboxylic acids is 1. The molecule has 2 rings (SSSR count). The molecular weight excluding hydrogens is 246 g/mol. The van der Waals surface area contributed by atoms with Gasteiger partial charge in [0.1, 0.15) is 0 Å². The molecule has 1 aliphatic carbocycles. The second-order valence-electron chi connectivity index (χ2n) is 5.24. The Hall–Kier alpha value is -0.850. The van der Waals surface area contributed by atoms with E-state index in [1.807, 2.05) is 0 Å². The highest BCUT2D eigenvalue weighted by Crippen LogP contribution is 2.19. The number of rotatable bonds is 4. The zero-order chi connectivity index (χ0) is 13.5. The van der Waals surface area contributed by atoms with E-state index in [4.69, 9.17) is 15.2 Å². The summed E-state index contributed by atoms with van der Waals surface area (Å²) in [6, 6.07) is 0.332. The van der Waals surface area contributed by atoms with E-state index in [0.29, 0.717) is 51.6 Å². The number of morpholine rings is 1. The first kappa shape index (κ1) is 14.6. The van der Waals surface area contributed by atoms with Crippen LogP contribution in [0.3, 0.4) is 0 Å². The first-order valence-corrected chi connectivity index (χ1v) is 7.23. The van der Waals surface area contributed by atoms with E-state index in [2.05, 4.69) is 5.32 Å². The number of ether oxygens (including phenoxy) is 2. The van der Waals surface area contributed by atoms with Crippen molar-refractivity contribution in [1.29, 1.82) is 0 Å². The number of nitrogens with one attached hydrogen (secondary N) is 1. The van der Waals surface area contributed by atoms with Crippen molar-refractivity contribution in [2.24, 2.45) is 5.73 Å². The van der Waals surface area contributed by atoms with Crippen LogP contribution in [-0.4, -0.2) is 62.5 Å². The summed E-state index contributed by atoms with van der Waals surface area (Å²) in [6.45, 7) is 3.76. The van der Waals surface area contributed by atoms with Gasteiger partial charge in [-0.2, -0.15) is 0 Å². The van der Waals surface area contributed by atoms with Crippen LogP contribution in [0.4, 0.5) is 4.79 Å². The monoisotopic (exact) mass is 271 g/mol. The number of urea groups is 1. The molecule has 0 bridgehead atoms. The maximum atomic E-state index is 11.8. The molecule has 0 aromatic carbocycles. The van der Waals surface area contributed by atoms with Crippen molar-refractivity contribution >= 4 is 6.03 Å². The maximum Gasteiger partial charge on any atom is 0.317 e. The van der Waals surface area contributed by atoms with Crippen LogP contribution < -0.4 is 11.1 Å². The van der Waals surface area contributed by atoms with Gasteiger partial charge in [0.15, 0.2) is 0 Å². The second-order valence-corrected chi connectivity index (χ2v) is 5.24. The van der Waals surface area contributed by atoms with E-state index in [0.717, 1.165) is 25.7 Å². The lowest BCUT2D eigenvalue weighted by Gasteiger charge is -2.28. The van der Waals surface area contributed by atoms with E-state index >= 15 is 0 Å². The molecule has 0 aromatic heterocycles. The second kappa shape index (κ2) is 7.67. The molecule has 0 aromatic rings. The van der Waals surface area contributed by atoms with E-state index < -0.39 is 0 Å². The number of nitrogens with two attached hydrogens (primary N) is 1. The lowest BCUT2D eigenvalue weighted by Crippen LogP contribution is -2.47. The highest BCUT2D eigenvalue weighted by Gasteiger charge is 2.19. The Bertz CT molecular complexity index is 274. The Morgan fingerprint density at radius 2 is 1.95 bits per heavy atom. The van der Waals surface area contributed by atoms with Crippen molar-refractivity contribution in [3.05, 3.63) is 0 Å². The summed E-state index contributed by atoms with van der Waals surface area (Å²) >= 11 is 0. The van der Waals surface area contributed by atoms with Crippen LogP contribution in [0.15, 0.2) is 0 Å². The Balaban J connectivity index is 1.52. The highest BCUT2D eigenvalue weighted by atomic mass is 16.5. The van der Waals surface area contributed by atoms with Crippen molar-refractivity contribution in [3.8, 4) is 0 Å². The zero-order valence-electron chi connectivity index (χ0n) is 11.5. The van der Waals surface area contributed by atoms with Gasteiger partial charge in [0.25, 0.3) is 0 Å². The van der Waals surface area contributed by atoms with Gasteiger partial charge in [-0.05, 0) is 25.7 Å². The number of nitrogens with zero attached hydrogens (tertiary/aromatic N) is 1. The van der Waals surface area contributed by atoms with Crippen LogP contribution in [0.5, 0.6) is 0 Å². The molecule has 0 radical (unpaired) electrons. The highest BCUT2D eigenvalue weighted by molar-refractivity contribution is 5.74. The predicted octanol–water partition coefficient (Wildman–Crippen LogP) is 0.315. The predicted molar refractivity (Wildman–Crippen MR) is 72.0 cm³/mol. The lowest BCUT2D eigenvalue weighted by molar-refractivity contribution is 0.0257. The largest absolute Gasteiger partial charge is 0.378 e. The van der Waals surface area contributed by atoms with Gasteiger partial charge in [-0.3, -0.25) is 0 Å². The van der Waals surface area contributed by atoms with Crippen LogP contribution in [0.1, 0.15) is 25.7 Å². The minimum Gasteiger partial charge on any atom is -0.378 e. The van der Waals surface area contributed by atoms with Gasteiger partial charge in [0.05, 0.1) is 25.9 Å². The average molecular weight is 271 g/mol. The first-order valence-electron chi connectivity index (χ1n) is 7.23. The summed E-state index contributed by atoms with van der Waals surface area (Å²) in [5.74, 6) is 0. The normalized spacial score (nSPS) is 28.2. The van der Waals surface area contributed by atoms with Crippen LogP contribution in [0.25, 0.3) is 0 Å². The average Bonchev–Trinajstić information content (AvgIpc) is 2.46. The molecule has 19 heavy (non-hydrogen) atoms. The van der Waals surface area contributed by atoms with Gasteiger partial charge in [-0.25, -0.2) is 4.79 Å². The lowest BCUT2D eigenvalue weighted by atomic mass is 9.94. The number of amides is 2. The van der Waals surface area contributed by atoms with E-state index in [-0.39, 0.29) is 6.03 Å². The molecule has 3 N–H and O–H groups in total. The van der Waals surface area contributed by atoms with Crippen molar-refractivity contribution < 1.29 is 14.3 Å². The fourth-order valence-corrected chi connectivity index (χ4v) is 2.52. The minimum absolute atomic E-state index is 0.0161. The van der Waals surface area contributed by atoms with E-state index in [1.165, 1.54) is 0 Å². The number of hydrogen-bond acceptors (Lipinski definition) is 4. The van der Waals surface area contributed by atoms with Crippen LogP contribution in [0.2, 0.25) is 0 Å². The molecule has 1 heterocycles. The SMILES string of the molecule is NC1CCC(OCCNC(=O)N2CCOCC2)CC1. The standard InChI is InChI=1S/C13H25N3O3/c14-11-1-3-12(4-2-11)19-8-5-15-13(17)16-6-9-18-10-7-16/h11-12H,1-10,14H2,(H,15,17). The van der Waals surface area contributed by atoms with Crippen LogP contribution in [0, 0.1) is 0 Å². The van der Waals surface area contributed by atoms with Crippen molar-refractivity contribution in [1.82, 2.24) is 10.2 Å². The molecule has 6 nitrogen and oxygen atoms in total. The van der Waals surface area contributed by atoms with Gasteiger partial charge in [-0.15, -0.1) is 0 Å². The Morgan fingerprint density at radius 3 is 2.63 bits per heavy atom. The zero-order valence-corrected chi connectivity index (χ0v) is 11.5. The molecule has 1 saturated heterocycles. The molecule has 0 atom stereocenters. The van der Waals surface area contributed by atoms with Crippen molar-refractivity contribution in [2.45, 2.75) is 37.8 Å². The van der Waals surface area contributed by atoms with E-state index in [1.54, 1.807) is 4.90 Å². The third-order valence-electron chi connectivity index (χ3n) is 3.75. The van der Waals surface area contributed by atoms with E-state index in [9.17, 15) is 4.79 Å². The van der Waals surface area contributed by atoms with Gasteiger partial charge in [0.2, 0.25) is 0 Å². The van der Waals surface area contributed by atoms with Gasteiger partial charge in [0, 0.05) is 25.7 Å². The molecule has 2 fully saturated rings. The minimum atomic E-state index is -0.0161. The number of carbonyl (C=O) groups is 1. The van der Waals surface area contributed by atoms with Crippen LogP contribution in [-0.2, 0) is 9.47 Å². The van der Waals surface area contributed by atoms with Gasteiger partial charge < -0.3 is 25.4 Å². The fourth-order valence-electron chi connectivity index (χ4n) is 2.52. The summed E-state index contributed by atoms with van der Waals surface area (Å²) in [4.78, 5) is 13.6. The number of hydrogen-bond donors (Lipinski definition) is 2. The van der Waals surface area contributed by atoms with Crippen molar-refractivity contribution in [2.75, 3.05) is 39.5 Å². The quantitative estimate of drug-likeness (QED) is 0.722. The Morgan fingerprint density at radius 1 is 1.26 bits per heavy atom. The molecule has 0 unspecified atom stereocenters. The maximum absolute atomic E-state index is 11.8. The molecule has 2 amide bonds. The Labute approximate surface area is 114 Å². The van der Waals surface area contributed by atoms with Gasteiger partial charge in [-0.1, -0.05) is 0 Å². The third kappa shape index (κ3) is 4.97. The Kier molecular flexibility index (Phi) is 5.88. The fraction of sp³-hybridized carbons (Fsp3) is 0.923. The molecule has 0 spiro atoms. The molecule has 6 heteroatoms. The smallest absolute Gasteiger partial charge is 0.317 e. The van der Waals surface area contributed by atoms with Crippen molar-refractivity contribution in [3.63, 3.8) is 0 Å². The molecule has 1 aliphatic heterocycles. The molecule has 1 saturated carbocycles.